The molecule has 1 saturated heterocycles. The standard InChI is InChI=1S/C25H34BrN5O5S/c1-24(2,3)35-22(33)27-15-9-10-19(17(12-15)29-20(32)18-14-37-21(26)30-18)31-11-7-8-16(13-31)28-23(34)36-25(4,5)6/h9-10,12,14,16H,7-8,11,13H2,1-6H3,(H,27,33)(H,28,34)(H,29,32)/t16-/m1/s1. The van der Waals surface area contributed by atoms with Gasteiger partial charge >= 0.3 is 12.2 Å². The number of nitrogens with one attached hydrogen (secondary N) is 3. The number of rotatable bonds is 5. The van der Waals surface area contributed by atoms with E-state index in [1.807, 2.05) is 26.8 Å². The average molecular weight is 597 g/mol. The summed E-state index contributed by atoms with van der Waals surface area (Å²) >= 11 is 4.59. The molecule has 1 aliphatic heterocycles. The molecule has 12 heteroatoms. The molecular weight excluding hydrogens is 562 g/mol. The van der Waals surface area contributed by atoms with Crippen LogP contribution in [-0.2, 0) is 9.47 Å². The number of aromatic nitrogens is 1. The molecular formula is C25H34BrN5O5S. The molecule has 0 saturated carbocycles. The Morgan fingerprint density at radius 1 is 1.05 bits per heavy atom. The van der Waals surface area contributed by atoms with Gasteiger partial charge in [0.25, 0.3) is 5.91 Å². The third-order valence-corrected chi connectivity index (χ3v) is 6.45. The Hall–Kier alpha value is -2.86. The lowest BCUT2D eigenvalue weighted by atomic mass is 10.0. The number of anilines is 3. The number of hydrogen-bond acceptors (Lipinski definition) is 8. The first-order chi connectivity index (χ1) is 17.2. The van der Waals surface area contributed by atoms with Crippen molar-refractivity contribution in [3.8, 4) is 0 Å². The zero-order valence-corrected chi connectivity index (χ0v) is 24.3. The van der Waals surface area contributed by atoms with Crippen molar-refractivity contribution in [3.63, 3.8) is 0 Å². The van der Waals surface area contributed by atoms with E-state index in [0.717, 1.165) is 25.1 Å². The number of amides is 3. The van der Waals surface area contributed by atoms with Gasteiger partial charge in [-0.05, 0) is 88.5 Å². The maximum Gasteiger partial charge on any atom is 0.412 e. The zero-order chi connectivity index (χ0) is 27.4. The van der Waals surface area contributed by atoms with Crippen molar-refractivity contribution in [2.75, 3.05) is 28.6 Å². The highest BCUT2D eigenvalue weighted by atomic mass is 79.9. The van der Waals surface area contributed by atoms with Crippen molar-refractivity contribution in [2.24, 2.45) is 0 Å². The quantitative estimate of drug-likeness (QED) is 0.387. The molecule has 10 nitrogen and oxygen atoms in total. The lowest BCUT2D eigenvalue weighted by molar-refractivity contribution is 0.0499. The van der Waals surface area contributed by atoms with Gasteiger partial charge in [-0.3, -0.25) is 10.1 Å². The first kappa shape index (κ1) is 28.7. The number of ether oxygens (including phenoxy) is 2. The number of piperidine rings is 1. The fraction of sp³-hybridized carbons (Fsp3) is 0.520. The molecule has 2 aromatic rings. The van der Waals surface area contributed by atoms with Gasteiger partial charge in [0.15, 0.2) is 3.92 Å². The van der Waals surface area contributed by atoms with Gasteiger partial charge in [-0.25, -0.2) is 14.6 Å². The van der Waals surface area contributed by atoms with E-state index in [1.165, 1.54) is 11.3 Å². The number of halogens is 1. The van der Waals surface area contributed by atoms with E-state index in [1.54, 1.807) is 38.3 Å². The Bertz CT molecular complexity index is 1140. The summed E-state index contributed by atoms with van der Waals surface area (Å²) in [6, 6.07) is 5.14. The molecule has 3 rings (SSSR count). The fourth-order valence-electron chi connectivity index (χ4n) is 3.74. The van der Waals surface area contributed by atoms with Crippen LogP contribution in [0.1, 0.15) is 64.9 Å². The maximum absolute atomic E-state index is 12.9. The number of thiazole rings is 1. The van der Waals surface area contributed by atoms with E-state index in [-0.39, 0.29) is 17.6 Å². The molecule has 1 fully saturated rings. The first-order valence-electron chi connectivity index (χ1n) is 12.0. The Labute approximate surface area is 229 Å². The predicted octanol–water partition coefficient (Wildman–Crippen LogP) is 6.00. The summed E-state index contributed by atoms with van der Waals surface area (Å²) in [6.07, 6.45) is 0.590. The number of hydrogen-bond donors (Lipinski definition) is 3. The summed E-state index contributed by atoms with van der Waals surface area (Å²) in [5.41, 5.74) is 0.763. The maximum atomic E-state index is 12.9. The first-order valence-corrected chi connectivity index (χ1v) is 13.7. The third-order valence-electron chi connectivity index (χ3n) is 5.08. The monoisotopic (exact) mass is 595 g/mol. The van der Waals surface area contributed by atoms with Crippen molar-refractivity contribution < 1.29 is 23.9 Å². The number of benzene rings is 1. The fourth-order valence-corrected chi connectivity index (χ4v) is 4.73. The molecule has 3 N–H and O–H groups in total. The molecule has 1 atom stereocenters. The largest absolute Gasteiger partial charge is 0.444 e. The molecule has 0 aliphatic carbocycles. The molecule has 1 aromatic carbocycles. The lowest BCUT2D eigenvalue weighted by Gasteiger charge is -2.36. The SMILES string of the molecule is CC(C)(C)OC(=O)Nc1ccc(N2CCC[C@@H](NC(=O)OC(C)(C)C)C2)c(NC(=O)c2csc(Br)n2)c1. The summed E-state index contributed by atoms with van der Waals surface area (Å²) in [4.78, 5) is 43.9. The van der Waals surface area contributed by atoms with Crippen LogP contribution < -0.4 is 20.9 Å². The second kappa shape index (κ2) is 11.7. The normalized spacial score (nSPS) is 16.1. The van der Waals surface area contributed by atoms with E-state index in [9.17, 15) is 14.4 Å². The van der Waals surface area contributed by atoms with Crippen molar-refractivity contribution in [2.45, 2.75) is 71.6 Å². The molecule has 202 valence electrons. The Kier molecular flexibility index (Phi) is 9.06. The molecule has 3 amide bonds. The van der Waals surface area contributed by atoms with Crippen LogP contribution in [0.2, 0.25) is 0 Å². The second-order valence-electron chi connectivity index (χ2n) is 10.7. The number of alkyl carbamates (subject to hydrolysis) is 1. The molecule has 37 heavy (non-hydrogen) atoms. The van der Waals surface area contributed by atoms with Gasteiger partial charge in [-0.15, -0.1) is 11.3 Å². The number of carbonyl (C=O) groups is 3. The minimum atomic E-state index is -0.650. The summed E-state index contributed by atoms with van der Waals surface area (Å²) in [6.45, 7) is 12.1. The van der Waals surface area contributed by atoms with Crippen LogP contribution in [0, 0.1) is 0 Å². The highest BCUT2D eigenvalue weighted by Crippen LogP contribution is 2.32. The van der Waals surface area contributed by atoms with Crippen LogP contribution in [0.25, 0.3) is 0 Å². The van der Waals surface area contributed by atoms with Crippen LogP contribution >= 0.6 is 27.3 Å². The van der Waals surface area contributed by atoms with Crippen molar-refractivity contribution in [3.05, 3.63) is 33.2 Å². The second-order valence-corrected chi connectivity index (χ2v) is 12.9. The molecule has 2 heterocycles. The summed E-state index contributed by atoms with van der Waals surface area (Å²) in [5.74, 6) is -0.377. The highest BCUT2D eigenvalue weighted by Gasteiger charge is 2.26. The van der Waals surface area contributed by atoms with E-state index in [4.69, 9.17) is 9.47 Å². The van der Waals surface area contributed by atoms with Crippen LogP contribution in [0.15, 0.2) is 27.5 Å². The van der Waals surface area contributed by atoms with Crippen LogP contribution in [0.3, 0.4) is 0 Å². The number of carbonyl (C=O) groups excluding carboxylic acids is 3. The van der Waals surface area contributed by atoms with E-state index < -0.39 is 23.4 Å². The lowest BCUT2D eigenvalue weighted by Crippen LogP contribution is -2.49. The Balaban J connectivity index is 1.82. The zero-order valence-electron chi connectivity index (χ0n) is 21.9. The predicted molar refractivity (Wildman–Crippen MR) is 149 cm³/mol. The minimum absolute atomic E-state index is 0.124. The Morgan fingerprint density at radius 3 is 2.35 bits per heavy atom. The van der Waals surface area contributed by atoms with Crippen LogP contribution in [-0.4, -0.2) is 53.4 Å². The number of nitrogens with zero attached hydrogens (tertiary/aromatic N) is 2. The molecule has 0 radical (unpaired) electrons. The Morgan fingerprint density at radius 2 is 1.73 bits per heavy atom. The molecule has 0 unspecified atom stereocenters. The average Bonchev–Trinajstić information content (AvgIpc) is 3.18. The van der Waals surface area contributed by atoms with E-state index in [2.05, 4.69) is 41.8 Å². The molecule has 1 aliphatic rings. The van der Waals surface area contributed by atoms with Crippen LogP contribution in [0.5, 0.6) is 0 Å². The summed E-state index contributed by atoms with van der Waals surface area (Å²) in [7, 11) is 0. The van der Waals surface area contributed by atoms with Gasteiger partial charge in [0.2, 0.25) is 0 Å². The smallest absolute Gasteiger partial charge is 0.412 e. The van der Waals surface area contributed by atoms with Gasteiger partial charge in [-0.2, -0.15) is 0 Å². The van der Waals surface area contributed by atoms with Gasteiger partial charge in [-0.1, -0.05) is 0 Å². The van der Waals surface area contributed by atoms with Crippen LogP contribution in [0.4, 0.5) is 26.7 Å². The molecule has 0 bridgehead atoms. The van der Waals surface area contributed by atoms with Gasteiger partial charge in [0, 0.05) is 30.2 Å². The van der Waals surface area contributed by atoms with E-state index >= 15 is 0 Å². The molecule has 0 spiro atoms. The van der Waals surface area contributed by atoms with Gasteiger partial charge < -0.3 is 25.0 Å². The summed E-state index contributed by atoms with van der Waals surface area (Å²) < 4.78 is 11.4. The van der Waals surface area contributed by atoms with Crippen molar-refractivity contribution in [1.29, 1.82) is 0 Å². The van der Waals surface area contributed by atoms with Crippen molar-refractivity contribution in [1.82, 2.24) is 10.3 Å². The molecule has 1 aromatic heterocycles. The van der Waals surface area contributed by atoms with Gasteiger partial charge in [0.05, 0.1) is 11.4 Å². The third kappa shape index (κ3) is 9.19. The summed E-state index contributed by atoms with van der Waals surface area (Å²) in [5, 5.41) is 10.2. The minimum Gasteiger partial charge on any atom is -0.444 e. The topological polar surface area (TPSA) is 122 Å². The van der Waals surface area contributed by atoms with Crippen molar-refractivity contribution >= 4 is 62.4 Å². The van der Waals surface area contributed by atoms with Gasteiger partial charge in [0.1, 0.15) is 16.9 Å². The highest BCUT2D eigenvalue weighted by molar-refractivity contribution is 9.11. The van der Waals surface area contributed by atoms with E-state index in [0.29, 0.717) is 21.8 Å².